The van der Waals surface area contributed by atoms with Crippen molar-refractivity contribution in [1.82, 2.24) is 4.40 Å². The van der Waals surface area contributed by atoms with Gasteiger partial charge in [-0.25, -0.2) is 4.79 Å². The van der Waals surface area contributed by atoms with Gasteiger partial charge in [-0.1, -0.05) is 42.5 Å². The van der Waals surface area contributed by atoms with Crippen LogP contribution in [0.5, 0.6) is 5.75 Å². The molecule has 174 valence electrons. The lowest BCUT2D eigenvalue weighted by Crippen LogP contribution is -2.19. The van der Waals surface area contributed by atoms with Gasteiger partial charge in [0, 0.05) is 6.07 Å². The molecule has 1 N–H and O–H groups in total. The minimum absolute atomic E-state index is 0.0266. The van der Waals surface area contributed by atoms with Gasteiger partial charge in [0.05, 0.1) is 12.0 Å². The van der Waals surface area contributed by atoms with Gasteiger partial charge in [-0.2, -0.15) is 0 Å². The molecule has 0 unspecified atom stereocenters. The van der Waals surface area contributed by atoms with Crippen LogP contribution in [0.2, 0.25) is 0 Å². The van der Waals surface area contributed by atoms with Crippen LogP contribution >= 0.6 is 11.3 Å². The summed E-state index contributed by atoms with van der Waals surface area (Å²) in [6, 6.07) is 23.5. The van der Waals surface area contributed by atoms with Crippen molar-refractivity contribution in [3.8, 4) is 16.2 Å². The number of carboxylic acids is 1. The van der Waals surface area contributed by atoms with Gasteiger partial charge in [0.15, 0.2) is 5.69 Å². The van der Waals surface area contributed by atoms with Crippen molar-refractivity contribution in [2.75, 3.05) is 7.11 Å². The zero-order valence-corrected chi connectivity index (χ0v) is 20.0. The van der Waals surface area contributed by atoms with Crippen LogP contribution in [0.15, 0.2) is 77.6 Å². The molecule has 5 nitrogen and oxygen atoms in total. The largest absolute Gasteiger partial charge is 0.497 e. The van der Waals surface area contributed by atoms with E-state index >= 15 is 0 Å². The van der Waals surface area contributed by atoms with E-state index < -0.39 is 5.97 Å². The number of aromatic carboxylic acids is 1. The summed E-state index contributed by atoms with van der Waals surface area (Å²) >= 11 is 1.40. The number of carbonyl (C=O) groups is 1. The normalized spacial score (nSPS) is 13.4. The summed E-state index contributed by atoms with van der Waals surface area (Å²) in [6.07, 6.45) is 2.74. The number of nitrogens with zero attached hydrogens (tertiary/aromatic N) is 1. The van der Waals surface area contributed by atoms with Crippen molar-refractivity contribution < 1.29 is 14.6 Å². The Kier molecular flexibility index (Phi) is 5.19. The number of pyridine rings is 1. The molecule has 0 amide bonds. The van der Waals surface area contributed by atoms with Gasteiger partial charge in [0.1, 0.15) is 10.6 Å². The first kappa shape index (κ1) is 21.6. The molecule has 6 rings (SSSR count). The number of fused-ring (bicyclic) bond motifs is 2. The number of ether oxygens (including phenoxy) is 1. The molecule has 6 heteroatoms. The molecule has 2 aromatic heterocycles. The molecule has 0 aliphatic heterocycles. The number of aromatic nitrogens is 1. The van der Waals surface area contributed by atoms with Crippen LogP contribution in [0.1, 0.15) is 45.9 Å². The van der Waals surface area contributed by atoms with E-state index in [0.717, 1.165) is 34.4 Å². The van der Waals surface area contributed by atoms with E-state index in [2.05, 4.69) is 30.3 Å². The fourth-order valence-electron chi connectivity index (χ4n) is 4.95. The van der Waals surface area contributed by atoms with E-state index in [1.807, 2.05) is 36.4 Å². The van der Waals surface area contributed by atoms with Crippen LogP contribution < -0.4 is 10.3 Å². The Hall–Kier alpha value is -3.90. The first-order valence-corrected chi connectivity index (χ1v) is 12.4. The maximum atomic E-state index is 13.4. The van der Waals surface area contributed by atoms with Crippen molar-refractivity contribution in [3.63, 3.8) is 0 Å². The molecule has 0 spiro atoms. The van der Waals surface area contributed by atoms with Gasteiger partial charge in [-0.05, 0) is 82.5 Å². The molecule has 1 aliphatic carbocycles. The van der Waals surface area contributed by atoms with Crippen molar-refractivity contribution in [1.29, 1.82) is 0 Å². The van der Waals surface area contributed by atoms with Crippen LogP contribution in [-0.4, -0.2) is 22.6 Å². The molecule has 5 aromatic rings. The maximum Gasteiger partial charge on any atom is 0.354 e. The Balaban J connectivity index is 1.58. The predicted octanol–water partition coefficient (Wildman–Crippen LogP) is 6.36. The van der Waals surface area contributed by atoms with Gasteiger partial charge in [-0.3, -0.25) is 9.20 Å². The number of rotatable bonds is 6. The van der Waals surface area contributed by atoms with Crippen LogP contribution in [0.3, 0.4) is 0 Å². The van der Waals surface area contributed by atoms with E-state index in [9.17, 15) is 14.7 Å². The second-order valence-corrected chi connectivity index (χ2v) is 9.96. The second-order valence-electron chi connectivity index (χ2n) is 8.96. The molecule has 1 saturated carbocycles. The molecular formula is C29H23NO4S. The summed E-state index contributed by atoms with van der Waals surface area (Å²) in [5, 5.41) is 12.5. The highest BCUT2D eigenvalue weighted by Gasteiger charge is 2.32. The van der Waals surface area contributed by atoms with Crippen LogP contribution in [0.25, 0.3) is 26.0 Å². The summed E-state index contributed by atoms with van der Waals surface area (Å²) < 4.78 is 6.66. The molecule has 1 aliphatic rings. The molecule has 3 aromatic carbocycles. The van der Waals surface area contributed by atoms with Crippen LogP contribution in [-0.2, 0) is 6.42 Å². The van der Waals surface area contributed by atoms with Gasteiger partial charge in [0.2, 0.25) is 0 Å². The summed E-state index contributed by atoms with van der Waals surface area (Å²) in [7, 11) is 1.59. The van der Waals surface area contributed by atoms with Gasteiger partial charge in [0.25, 0.3) is 5.56 Å². The molecule has 0 radical (unpaired) electrons. The third-order valence-electron chi connectivity index (χ3n) is 6.74. The monoisotopic (exact) mass is 481 g/mol. The average Bonchev–Trinajstić information content (AvgIpc) is 3.62. The zero-order chi connectivity index (χ0) is 24.1. The third-order valence-corrected chi connectivity index (χ3v) is 7.97. The van der Waals surface area contributed by atoms with Gasteiger partial charge < -0.3 is 9.84 Å². The van der Waals surface area contributed by atoms with Crippen LogP contribution in [0, 0.1) is 0 Å². The number of hydrogen-bond donors (Lipinski definition) is 1. The summed E-state index contributed by atoms with van der Waals surface area (Å²) in [6.45, 7) is 0. The zero-order valence-electron chi connectivity index (χ0n) is 19.2. The third kappa shape index (κ3) is 3.70. The number of benzene rings is 3. The van der Waals surface area contributed by atoms with Crippen molar-refractivity contribution in [2.24, 2.45) is 0 Å². The standard InChI is InChI=1S/C29H23NO4S/c1-34-22-13-11-19(12-14-22)27-26(29(32)33)30-24(31)16-21(25(18-9-10-18)28(30)35-27)15-20-7-4-6-17-5-2-3-8-23(17)20/h2-8,11-14,16,18H,9-10,15H2,1H3,(H,32,33). The predicted molar refractivity (Wildman–Crippen MR) is 139 cm³/mol. The Morgan fingerprint density at radius 2 is 1.77 bits per heavy atom. The molecule has 35 heavy (non-hydrogen) atoms. The van der Waals surface area contributed by atoms with Gasteiger partial charge >= 0.3 is 5.97 Å². The molecule has 0 saturated heterocycles. The maximum absolute atomic E-state index is 13.4. The highest BCUT2D eigenvalue weighted by Crippen LogP contribution is 2.47. The lowest BCUT2D eigenvalue weighted by molar-refractivity contribution is 0.0690. The molecule has 2 heterocycles. The number of hydrogen-bond acceptors (Lipinski definition) is 4. The minimum Gasteiger partial charge on any atom is -0.497 e. The van der Waals surface area contributed by atoms with Crippen molar-refractivity contribution in [3.05, 3.63) is 106 Å². The number of carboxylic acid groups (broad SMARTS) is 1. The fourth-order valence-corrected chi connectivity index (χ4v) is 6.35. The van der Waals surface area contributed by atoms with E-state index in [4.69, 9.17) is 4.74 Å². The number of methoxy groups -OCH3 is 1. The highest BCUT2D eigenvalue weighted by molar-refractivity contribution is 7.21. The topological polar surface area (TPSA) is 68.0 Å². The smallest absolute Gasteiger partial charge is 0.354 e. The van der Waals surface area contributed by atoms with Crippen molar-refractivity contribution in [2.45, 2.75) is 25.2 Å². The minimum atomic E-state index is -1.10. The van der Waals surface area contributed by atoms with E-state index in [1.54, 1.807) is 13.2 Å². The Morgan fingerprint density at radius 1 is 1.03 bits per heavy atom. The first-order chi connectivity index (χ1) is 17.0. The molecule has 0 atom stereocenters. The summed E-state index contributed by atoms with van der Waals surface area (Å²) in [4.78, 5) is 27.1. The Morgan fingerprint density at radius 3 is 2.49 bits per heavy atom. The van der Waals surface area contributed by atoms with Crippen molar-refractivity contribution >= 4 is 32.9 Å². The lowest BCUT2D eigenvalue weighted by Gasteiger charge is -2.13. The first-order valence-electron chi connectivity index (χ1n) is 11.6. The summed E-state index contributed by atoms with van der Waals surface area (Å²) in [5.41, 5.74) is 3.76. The molecular weight excluding hydrogens is 458 g/mol. The van der Waals surface area contributed by atoms with E-state index in [1.165, 1.54) is 32.1 Å². The quantitative estimate of drug-likeness (QED) is 0.307. The lowest BCUT2D eigenvalue weighted by atomic mass is 9.95. The fraction of sp³-hybridized carbons (Fsp3) is 0.172. The number of thiazole rings is 1. The Labute approximate surface area is 205 Å². The Bertz CT molecular complexity index is 1650. The second kappa shape index (κ2) is 8.40. The van der Waals surface area contributed by atoms with E-state index in [-0.39, 0.29) is 11.3 Å². The van der Waals surface area contributed by atoms with Gasteiger partial charge in [-0.15, -0.1) is 11.3 Å². The SMILES string of the molecule is COc1ccc(-c2sc3c(C4CC4)c(Cc4cccc5ccccc45)cc(=O)n3c2C(=O)O)cc1. The average molecular weight is 482 g/mol. The summed E-state index contributed by atoms with van der Waals surface area (Å²) in [5.74, 6) is -0.0627. The van der Waals surface area contributed by atoms with Crippen LogP contribution in [0.4, 0.5) is 0 Å². The highest BCUT2D eigenvalue weighted by atomic mass is 32.1. The molecule has 1 fully saturated rings. The molecule has 0 bridgehead atoms. The van der Waals surface area contributed by atoms with E-state index in [0.29, 0.717) is 23.0 Å².